The fraction of sp³-hybridized carbons (Fsp3) is 0.118. The van der Waals surface area contributed by atoms with E-state index in [-0.39, 0.29) is 12.7 Å². The topological polar surface area (TPSA) is 40.5 Å². The van der Waals surface area contributed by atoms with Crippen LogP contribution in [0.5, 0.6) is 5.75 Å². The SMILES string of the molecule is COc1cccc(COC(=O)n2ccc3ccccc32)c1. The first-order chi connectivity index (χ1) is 10.3. The highest BCUT2D eigenvalue weighted by Gasteiger charge is 2.09. The van der Waals surface area contributed by atoms with Crippen molar-refractivity contribution >= 4 is 17.0 Å². The van der Waals surface area contributed by atoms with E-state index in [0.29, 0.717) is 0 Å². The van der Waals surface area contributed by atoms with Crippen LogP contribution in [0.1, 0.15) is 5.56 Å². The molecule has 0 N–H and O–H groups in total. The van der Waals surface area contributed by atoms with Crippen molar-refractivity contribution in [3.63, 3.8) is 0 Å². The van der Waals surface area contributed by atoms with Crippen LogP contribution in [0.2, 0.25) is 0 Å². The Morgan fingerprint density at radius 3 is 2.81 bits per heavy atom. The number of rotatable bonds is 3. The first kappa shape index (κ1) is 13.2. The Morgan fingerprint density at radius 1 is 1.10 bits per heavy atom. The van der Waals surface area contributed by atoms with Crippen LogP contribution in [0.25, 0.3) is 10.9 Å². The summed E-state index contributed by atoms with van der Waals surface area (Å²) in [6.45, 7) is 0.211. The maximum Gasteiger partial charge on any atom is 0.418 e. The molecule has 4 heteroatoms. The molecule has 0 aliphatic carbocycles. The van der Waals surface area contributed by atoms with Crippen molar-refractivity contribution in [2.24, 2.45) is 0 Å². The Hall–Kier alpha value is -2.75. The van der Waals surface area contributed by atoms with Gasteiger partial charge in [0.25, 0.3) is 0 Å². The second-order valence-corrected chi connectivity index (χ2v) is 4.65. The van der Waals surface area contributed by atoms with Gasteiger partial charge < -0.3 is 9.47 Å². The number of ether oxygens (including phenoxy) is 2. The van der Waals surface area contributed by atoms with Gasteiger partial charge in [-0.1, -0.05) is 30.3 Å². The van der Waals surface area contributed by atoms with E-state index in [2.05, 4.69) is 0 Å². The second-order valence-electron chi connectivity index (χ2n) is 4.65. The van der Waals surface area contributed by atoms with Crippen LogP contribution >= 0.6 is 0 Å². The molecule has 0 aliphatic heterocycles. The Morgan fingerprint density at radius 2 is 1.95 bits per heavy atom. The molecule has 1 aromatic heterocycles. The number of hydrogen-bond acceptors (Lipinski definition) is 3. The summed E-state index contributed by atoms with van der Waals surface area (Å²) >= 11 is 0. The minimum absolute atomic E-state index is 0.211. The number of aromatic nitrogens is 1. The largest absolute Gasteiger partial charge is 0.497 e. The van der Waals surface area contributed by atoms with Gasteiger partial charge >= 0.3 is 6.09 Å². The molecule has 0 spiro atoms. The molecule has 0 unspecified atom stereocenters. The summed E-state index contributed by atoms with van der Waals surface area (Å²) in [7, 11) is 1.61. The molecule has 0 fully saturated rings. The third-order valence-corrected chi connectivity index (χ3v) is 3.29. The Bertz CT molecular complexity index is 776. The summed E-state index contributed by atoms with van der Waals surface area (Å²) < 4.78 is 12.0. The number of para-hydroxylation sites is 1. The minimum Gasteiger partial charge on any atom is -0.497 e. The highest BCUT2D eigenvalue weighted by atomic mass is 16.5. The zero-order valence-corrected chi connectivity index (χ0v) is 11.7. The summed E-state index contributed by atoms with van der Waals surface area (Å²) in [5, 5.41) is 1.01. The van der Waals surface area contributed by atoms with Crippen molar-refractivity contribution in [3.05, 3.63) is 66.4 Å². The highest BCUT2D eigenvalue weighted by Crippen LogP contribution is 2.17. The van der Waals surface area contributed by atoms with Gasteiger partial charge in [0.15, 0.2) is 0 Å². The van der Waals surface area contributed by atoms with Crippen LogP contribution in [0.4, 0.5) is 4.79 Å². The van der Waals surface area contributed by atoms with E-state index in [1.54, 1.807) is 13.3 Å². The van der Waals surface area contributed by atoms with Gasteiger partial charge in [0, 0.05) is 11.6 Å². The maximum atomic E-state index is 12.2. The quantitative estimate of drug-likeness (QED) is 0.732. The lowest BCUT2D eigenvalue weighted by Crippen LogP contribution is -2.12. The van der Waals surface area contributed by atoms with E-state index >= 15 is 0 Å². The lowest BCUT2D eigenvalue weighted by Gasteiger charge is -2.07. The van der Waals surface area contributed by atoms with Crippen LogP contribution in [0.3, 0.4) is 0 Å². The van der Waals surface area contributed by atoms with E-state index in [0.717, 1.165) is 22.2 Å². The highest BCUT2D eigenvalue weighted by molar-refractivity contribution is 5.89. The van der Waals surface area contributed by atoms with E-state index in [9.17, 15) is 4.79 Å². The van der Waals surface area contributed by atoms with E-state index in [1.165, 1.54) is 4.57 Å². The summed E-state index contributed by atoms with van der Waals surface area (Å²) in [5.41, 5.74) is 1.73. The molecule has 1 heterocycles. The molecule has 3 aromatic rings. The fourth-order valence-electron chi connectivity index (χ4n) is 2.22. The molecule has 0 bridgehead atoms. The molecule has 4 nitrogen and oxygen atoms in total. The third-order valence-electron chi connectivity index (χ3n) is 3.29. The summed E-state index contributed by atoms with van der Waals surface area (Å²) in [6, 6.07) is 17.0. The average Bonchev–Trinajstić information content (AvgIpc) is 2.97. The molecule has 21 heavy (non-hydrogen) atoms. The van der Waals surface area contributed by atoms with E-state index in [1.807, 2.05) is 54.6 Å². The molecular formula is C17H15NO3. The normalized spacial score (nSPS) is 10.5. The van der Waals surface area contributed by atoms with Crippen LogP contribution in [-0.2, 0) is 11.3 Å². The van der Waals surface area contributed by atoms with E-state index < -0.39 is 0 Å². The maximum absolute atomic E-state index is 12.2. The van der Waals surface area contributed by atoms with Crippen LogP contribution in [0.15, 0.2) is 60.8 Å². The summed E-state index contributed by atoms with van der Waals surface area (Å²) in [5.74, 6) is 0.745. The van der Waals surface area contributed by atoms with Gasteiger partial charge in [0.1, 0.15) is 12.4 Å². The first-order valence-electron chi connectivity index (χ1n) is 6.64. The van der Waals surface area contributed by atoms with Crippen molar-refractivity contribution in [1.82, 2.24) is 4.57 Å². The molecule has 0 amide bonds. The second kappa shape index (κ2) is 5.71. The standard InChI is InChI=1S/C17H15NO3/c1-20-15-7-4-5-13(11-15)12-21-17(19)18-10-9-14-6-2-3-8-16(14)18/h2-11H,12H2,1H3. The van der Waals surface area contributed by atoms with Gasteiger partial charge in [-0.25, -0.2) is 4.79 Å². The summed E-state index contributed by atoms with van der Waals surface area (Å²) in [4.78, 5) is 12.2. The number of benzene rings is 2. The molecule has 0 saturated carbocycles. The van der Waals surface area contributed by atoms with Gasteiger partial charge in [-0.15, -0.1) is 0 Å². The van der Waals surface area contributed by atoms with Gasteiger partial charge in [-0.3, -0.25) is 4.57 Å². The average molecular weight is 281 g/mol. The number of hydrogen-bond donors (Lipinski definition) is 0. The molecule has 0 saturated heterocycles. The van der Waals surface area contributed by atoms with Crippen molar-refractivity contribution in [1.29, 1.82) is 0 Å². The molecular weight excluding hydrogens is 266 g/mol. The molecule has 0 atom stereocenters. The van der Waals surface area contributed by atoms with Crippen molar-refractivity contribution < 1.29 is 14.3 Å². The number of carbonyl (C=O) groups is 1. The molecule has 2 aromatic carbocycles. The summed E-state index contributed by atoms with van der Waals surface area (Å²) in [6.07, 6.45) is 1.33. The van der Waals surface area contributed by atoms with Crippen molar-refractivity contribution in [2.45, 2.75) is 6.61 Å². The van der Waals surface area contributed by atoms with Gasteiger partial charge in [-0.2, -0.15) is 0 Å². The van der Waals surface area contributed by atoms with Gasteiger partial charge in [0.05, 0.1) is 12.6 Å². The van der Waals surface area contributed by atoms with Crippen molar-refractivity contribution in [2.75, 3.05) is 7.11 Å². The molecule has 0 aliphatic rings. The van der Waals surface area contributed by atoms with Crippen LogP contribution < -0.4 is 4.74 Å². The van der Waals surface area contributed by atoms with Gasteiger partial charge in [0.2, 0.25) is 0 Å². The Kier molecular flexibility index (Phi) is 3.60. The predicted octanol–water partition coefficient (Wildman–Crippen LogP) is 3.83. The number of nitrogens with zero attached hydrogens (tertiary/aromatic N) is 1. The molecule has 0 radical (unpaired) electrons. The minimum atomic E-state index is -0.390. The lowest BCUT2D eigenvalue weighted by atomic mass is 10.2. The van der Waals surface area contributed by atoms with Crippen LogP contribution in [-0.4, -0.2) is 17.8 Å². The van der Waals surface area contributed by atoms with E-state index in [4.69, 9.17) is 9.47 Å². The lowest BCUT2D eigenvalue weighted by molar-refractivity contribution is 0.142. The zero-order valence-electron chi connectivity index (χ0n) is 11.7. The smallest absolute Gasteiger partial charge is 0.418 e. The molecule has 3 rings (SSSR count). The monoisotopic (exact) mass is 281 g/mol. The number of carbonyl (C=O) groups excluding carboxylic acids is 1. The zero-order chi connectivity index (χ0) is 14.7. The van der Waals surface area contributed by atoms with Crippen molar-refractivity contribution in [3.8, 4) is 5.75 Å². The predicted molar refractivity (Wildman–Crippen MR) is 80.5 cm³/mol. The van der Waals surface area contributed by atoms with Crippen LogP contribution in [0, 0.1) is 0 Å². The molecule has 106 valence electrons. The Labute approximate surface area is 122 Å². The third kappa shape index (κ3) is 2.74. The first-order valence-corrected chi connectivity index (χ1v) is 6.64. The Balaban J connectivity index is 1.74. The number of methoxy groups -OCH3 is 1. The fourth-order valence-corrected chi connectivity index (χ4v) is 2.22. The van der Waals surface area contributed by atoms with Gasteiger partial charge in [-0.05, 0) is 29.8 Å². The number of fused-ring (bicyclic) bond motifs is 1.